The molecule has 3 aromatic rings. The molecule has 150 valence electrons. The fraction of sp³-hybridized carbons (Fsp3) is 0.304. The number of aryl methyl sites for hydroxylation is 2. The summed E-state index contributed by atoms with van der Waals surface area (Å²) in [5.41, 5.74) is 3.33. The molecule has 2 amide bonds. The van der Waals surface area contributed by atoms with E-state index in [1.54, 1.807) is 6.20 Å². The Kier molecular flexibility index (Phi) is 5.79. The summed E-state index contributed by atoms with van der Waals surface area (Å²) in [5.74, 6) is 0.896. The molecule has 1 fully saturated rings. The lowest BCUT2D eigenvalue weighted by Gasteiger charge is -2.16. The Morgan fingerprint density at radius 2 is 2.07 bits per heavy atom. The summed E-state index contributed by atoms with van der Waals surface area (Å²) in [4.78, 5) is 18.3. The first-order valence-electron chi connectivity index (χ1n) is 9.97. The molecule has 0 unspecified atom stereocenters. The third kappa shape index (κ3) is 4.77. The highest BCUT2D eigenvalue weighted by Gasteiger charge is 2.29. The van der Waals surface area contributed by atoms with Crippen LogP contribution in [0.25, 0.3) is 0 Å². The van der Waals surface area contributed by atoms with Crippen molar-refractivity contribution in [3.05, 3.63) is 83.9 Å². The minimum atomic E-state index is -0.0173. The van der Waals surface area contributed by atoms with E-state index in [1.165, 1.54) is 0 Å². The third-order valence-electron chi connectivity index (χ3n) is 5.18. The fourth-order valence-electron chi connectivity index (χ4n) is 3.64. The number of rotatable bonds is 8. The molecule has 1 aromatic heterocycles. The number of urea groups is 1. The Morgan fingerprint density at radius 3 is 2.83 bits per heavy atom. The van der Waals surface area contributed by atoms with Gasteiger partial charge in [0.2, 0.25) is 0 Å². The molecule has 0 radical (unpaired) electrons. The molecule has 1 aliphatic rings. The molecule has 1 atom stereocenters. The molecule has 0 aliphatic carbocycles. The number of aromatic nitrogens is 2. The minimum absolute atomic E-state index is 0.0173. The number of hydrogen-bond acceptors (Lipinski definition) is 3. The van der Waals surface area contributed by atoms with Gasteiger partial charge in [-0.05, 0) is 36.1 Å². The summed E-state index contributed by atoms with van der Waals surface area (Å²) in [6.07, 6.45) is 6.48. The van der Waals surface area contributed by atoms with Crippen LogP contribution in [0.3, 0.4) is 0 Å². The van der Waals surface area contributed by atoms with Gasteiger partial charge in [0.15, 0.2) is 0 Å². The quantitative estimate of drug-likeness (QED) is 0.593. The average Bonchev–Trinajstić information content (AvgIpc) is 3.37. The molecular formula is C23H26N4O2. The van der Waals surface area contributed by atoms with Gasteiger partial charge < -0.3 is 19.5 Å². The predicted octanol–water partition coefficient (Wildman–Crippen LogP) is 3.93. The number of hydrogen-bond donors (Lipinski definition) is 1. The molecule has 2 aromatic carbocycles. The van der Waals surface area contributed by atoms with Crippen LogP contribution in [0.4, 0.5) is 4.79 Å². The lowest BCUT2D eigenvalue weighted by molar-refractivity contribution is 0.215. The Bertz CT molecular complexity index is 941. The first-order chi connectivity index (χ1) is 14.2. The second kappa shape index (κ2) is 8.82. The standard InChI is InChI=1S/C23H26N4O2/c1-18-14-19(8-9-22(18)29-13-5-11-26-12-10-24-17-26)15-27-16-21(25-23(27)28)20-6-3-2-4-7-20/h2-4,6-10,12,14,17,21H,5,11,13,15-16H2,1H3,(H,25,28)/t21-/m1/s1. The highest BCUT2D eigenvalue weighted by atomic mass is 16.5. The number of carbonyl (C=O) groups is 1. The van der Waals surface area contributed by atoms with Crippen LogP contribution in [0.2, 0.25) is 0 Å². The third-order valence-corrected chi connectivity index (χ3v) is 5.18. The summed E-state index contributed by atoms with van der Waals surface area (Å²) in [7, 11) is 0. The normalized spacial score (nSPS) is 16.1. The second-order valence-electron chi connectivity index (χ2n) is 7.40. The van der Waals surface area contributed by atoms with Crippen molar-refractivity contribution in [2.24, 2.45) is 0 Å². The zero-order chi connectivity index (χ0) is 20.1. The Morgan fingerprint density at radius 1 is 1.21 bits per heavy atom. The molecule has 0 spiro atoms. The van der Waals surface area contributed by atoms with Crippen LogP contribution in [-0.4, -0.2) is 33.6 Å². The molecular weight excluding hydrogens is 364 g/mol. The molecule has 6 nitrogen and oxygen atoms in total. The van der Waals surface area contributed by atoms with Crippen molar-refractivity contribution in [1.29, 1.82) is 0 Å². The monoisotopic (exact) mass is 390 g/mol. The fourth-order valence-corrected chi connectivity index (χ4v) is 3.64. The number of carbonyl (C=O) groups excluding carboxylic acids is 1. The van der Waals surface area contributed by atoms with E-state index in [2.05, 4.69) is 28.5 Å². The molecule has 29 heavy (non-hydrogen) atoms. The molecule has 2 heterocycles. The molecule has 4 rings (SSSR count). The lowest BCUT2D eigenvalue weighted by atomic mass is 10.1. The summed E-state index contributed by atoms with van der Waals surface area (Å²) < 4.78 is 7.97. The minimum Gasteiger partial charge on any atom is -0.493 e. The number of nitrogens with zero attached hydrogens (tertiary/aromatic N) is 3. The van der Waals surface area contributed by atoms with Crippen LogP contribution < -0.4 is 10.1 Å². The number of ether oxygens (including phenoxy) is 1. The van der Waals surface area contributed by atoms with Crippen molar-refractivity contribution < 1.29 is 9.53 Å². The highest BCUT2D eigenvalue weighted by Crippen LogP contribution is 2.24. The van der Waals surface area contributed by atoms with E-state index in [0.717, 1.165) is 35.4 Å². The van der Waals surface area contributed by atoms with E-state index in [1.807, 2.05) is 59.2 Å². The van der Waals surface area contributed by atoms with Gasteiger partial charge in [0.05, 0.1) is 19.0 Å². The summed E-state index contributed by atoms with van der Waals surface area (Å²) in [6.45, 7) is 4.87. The van der Waals surface area contributed by atoms with E-state index in [4.69, 9.17) is 4.74 Å². The van der Waals surface area contributed by atoms with E-state index in [9.17, 15) is 4.79 Å². The zero-order valence-corrected chi connectivity index (χ0v) is 16.6. The number of amides is 2. The van der Waals surface area contributed by atoms with Crippen molar-refractivity contribution >= 4 is 6.03 Å². The molecule has 0 saturated carbocycles. The number of imidazole rings is 1. The maximum absolute atomic E-state index is 12.4. The van der Waals surface area contributed by atoms with Crippen LogP contribution in [0, 0.1) is 6.92 Å². The molecule has 1 N–H and O–H groups in total. The van der Waals surface area contributed by atoms with Gasteiger partial charge in [0.25, 0.3) is 0 Å². The topological polar surface area (TPSA) is 59.4 Å². The Hall–Kier alpha value is -3.28. The average molecular weight is 390 g/mol. The van der Waals surface area contributed by atoms with E-state index in [-0.39, 0.29) is 12.1 Å². The largest absolute Gasteiger partial charge is 0.493 e. The van der Waals surface area contributed by atoms with Crippen LogP contribution in [-0.2, 0) is 13.1 Å². The van der Waals surface area contributed by atoms with Crippen LogP contribution in [0.5, 0.6) is 5.75 Å². The zero-order valence-electron chi connectivity index (χ0n) is 16.6. The predicted molar refractivity (Wildman–Crippen MR) is 112 cm³/mol. The first-order valence-corrected chi connectivity index (χ1v) is 9.97. The SMILES string of the molecule is Cc1cc(CN2C[C@H](c3ccccc3)NC2=O)ccc1OCCCn1ccnc1. The maximum atomic E-state index is 12.4. The summed E-state index contributed by atoms with van der Waals surface area (Å²) >= 11 is 0. The van der Waals surface area contributed by atoms with Gasteiger partial charge in [0.1, 0.15) is 5.75 Å². The van der Waals surface area contributed by atoms with Crippen LogP contribution in [0.1, 0.15) is 29.2 Å². The van der Waals surface area contributed by atoms with Gasteiger partial charge in [-0.15, -0.1) is 0 Å². The van der Waals surface area contributed by atoms with Crippen molar-refractivity contribution in [1.82, 2.24) is 19.8 Å². The molecule has 1 saturated heterocycles. The van der Waals surface area contributed by atoms with Crippen molar-refractivity contribution in [2.75, 3.05) is 13.2 Å². The van der Waals surface area contributed by atoms with Crippen LogP contribution in [0.15, 0.2) is 67.3 Å². The van der Waals surface area contributed by atoms with Gasteiger partial charge in [-0.25, -0.2) is 9.78 Å². The van der Waals surface area contributed by atoms with E-state index >= 15 is 0 Å². The summed E-state index contributed by atoms with van der Waals surface area (Å²) in [5, 5.41) is 3.07. The number of benzene rings is 2. The van der Waals surface area contributed by atoms with Gasteiger partial charge >= 0.3 is 6.03 Å². The van der Waals surface area contributed by atoms with Gasteiger partial charge in [-0.1, -0.05) is 42.5 Å². The van der Waals surface area contributed by atoms with Crippen molar-refractivity contribution in [3.8, 4) is 5.75 Å². The van der Waals surface area contributed by atoms with E-state index < -0.39 is 0 Å². The molecule has 6 heteroatoms. The highest BCUT2D eigenvalue weighted by molar-refractivity contribution is 5.77. The lowest BCUT2D eigenvalue weighted by Crippen LogP contribution is -2.27. The first kappa shape index (κ1) is 19.1. The number of nitrogens with one attached hydrogen (secondary N) is 1. The Labute approximate surface area is 171 Å². The molecule has 0 bridgehead atoms. The van der Waals surface area contributed by atoms with Gasteiger partial charge in [-0.2, -0.15) is 0 Å². The van der Waals surface area contributed by atoms with Gasteiger partial charge in [-0.3, -0.25) is 0 Å². The maximum Gasteiger partial charge on any atom is 0.318 e. The Balaban J connectivity index is 1.30. The van der Waals surface area contributed by atoms with E-state index in [0.29, 0.717) is 19.7 Å². The second-order valence-corrected chi connectivity index (χ2v) is 7.40. The van der Waals surface area contributed by atoms with Crippen molar-refractivity contribution in [2.45, 2.75) is 32.5 Å². The van der Waals surface area contributed by atoms with Crippen LogP contribution >= 0.6 is 0 Å². The van der Waals surface area contributed by atoms with Gasteiger partial charge in [0, 0.05) is 32.0 Å². The summed E-state index contributed by atoms with van der Waals surface area (Å²) in [6, 6.07) is 16.3. The smallest absolute Gasteiger partial charge is 0.318 e. The van der Waals surface area contributed by atoms with Crippen molar-refractivity contribution in [3.63, 3.8) is 0 Å². The molecule has 1 aliphatic heterocycles.